The van der Waals surface area contributed by atoms with Crippen molar-refractivity contribution in [3.05, 3.63) is 6.92 Å². The van der Waals surface area contributed by atoms with Crippen LogP contribution in [0.5, 0.6) is 0 Å². The predicted molar refractivity (Wildman–Crippen MR) is 46.0 cm³/mol. The van der Waals surface area contributed by atoms with E-state index in [9.17, 15) is 4.79 Å². The fourth-order valence-corrected chi connectivity index (χ4v) is 0.946. The van der Waals surface area contributed by atoms with Crippen LogP contribution >= 0.6 is 0 Å². The van der Waals surface area contributed by atoms with E-state index < -0.39 is 0 Å². The van der Waals surface area contributed by atoms with Gasteiger partial charge in [-0.05, 0) is 13.3 Å². The van der Waals surface area contributed by atoms with Crippen molar-refractivity contribution in [3.63, 3.8) is 0 Å². The zero-order chi connectivity index (χ0) is 8.53. The molecule has 0 N–H and O–H groups in total. The Bertz CT molecular complexity index is 128. The summed E-state index contributed by atoms with van der Waals surface area (Å²) in [5, 5.41) is 0. The van der Waals surface area contributed by atoms with Crippen molar-refractivity contribution in [2.24, 2.45) is 4.99 Å². The minimum atomic E-state index is -0.0793. The molecule has 2 nitrogen and oxygen atoms in total. The second-order valence-electron chi connectivity index (χ2n) is 2.72. The van der Waals surface area contributed by atoms with Crippen LogP contribution in [-0.2, 0) is 4.79 Å². The predicted octanol–water partition coefficient (Wildman–Crippen LogP) is 2.50. The quantitative estimate of drug-likeness (QED) is 0.328. The molecule has 1 radical (unpaired) electrons. The summed E-state index contributed by atoms with van der Waals surface area (Å²) in [5.74, 6) is 0. The molecule has 1 unspecified atom stereocenters. The number of hydrogen-bond donors (Lipinski definition) is 0. The number of rotatable bonds is 6. The molecule has 0 aliphatic rings. The summed E-state index contributed by atoms with van der Waals surface area (Å²) in [6.45, 7) is 5.87. The lowest BCUT2D eigenvalue weighted by atomic mass is 10.1. The van der Waals surface area contributed by atoms with Gasteiger partial charge in [-0.2, -0.15) is 0 Å². The third-order valence-electron chi connectivity index (χ3n) is 1.63. The summed E-state index contributed by atoms with van der Waals surface area (Å²) in [6, 6.07) is -0.0793. The fourth-order valence-electron chi connectivity index (χ4n) is 0.946. The van der Waals surface area contributed by atoms with Gasteiger partial charge in [0, 0.05) is 0 Å². The van der Waals surface area contributed by atoms with Crippen LogP contribution in [0.3, 0.4) is 0 Å². The molecule has 0 amide bonds. The van der Waals surface area contributed by atoms with Gasteiger partial charge in [0.15, 0.2) is 0 Å². The van der Waals surface area contributed by atoms with E-state index in [1.807, 2.05) is 0 Å². The summed E-state index contributed by atoms with van der Waals surface area (Å²) in [5.41, 5.74) is 0. The lowest BCUT2D eigenvalue weighted by Gasteiger charge is -2.01. The molecule has 0 saturated carbocycles. The molecule has 11 heavy (non-hydrogen) atoms. The van der Waals surface area contributed by atoms with Crippen LogP contribution in [0.25, 0.3) is 0 Å². The van der Waals surface area contributed by atoms with Crippen LogP contribution in [0.2, 0.25) is 0 Å². The van der Waals surface area contributed by atoms with E-state index >= 15 is 0 Å². The van der Waals surface area contributed by atoms with E-state index in [2.05, 4.69) is 18.8 Å². The van der Waals surface area contributed by atoms with Gasteiger partial charge in [0.2, 0.25) is 6.08 Å². The molecule has 0 aromatic rings. The maximum Gasteiger partial charge on any atom is 0.235 e. The van der Waals surface area contributed by atoms with Crippen molar-refractivity contribution in [3.8, 4) is 0 Å². The number of unbranched alkanes of at least 4 members (excludes halogenated alkanes) is 3. The number of aliphatic imine (C=N–C) groups is 1. The first-order chi connectivity index (χ1) is 5.31. The molecule has 0 spiro atoms. The number of hydrogen-bond acceptors (Lipinski definition) is 2. The average molecular weight is 154 g/mol. The Morgan fingerprint density at radius 1 is 1.45 bits per heavy atom. The Morgan fingerprint density at radius 3 is 2.73 bits per heavy atom. The van der Waals surface area contributed by atoms with Crippen molar-refractivity contribution in [1.29, 1.82) is 0 Å². The van der Waals surface area contributed by atoms with Crippen molar-refractivity contribution >= 4 is 6.08 Å². The third kappa shape index (κ3) is 7.27. The van der Waals surface area contributed by atoms with E-state index in [0.29, 0.717) is 0 Å². The van der Waals surface area contributed by atoms with Crippen LogP contribution in [0.15, 0.2) is 4.99 Å². The second-order valence-corrected chi connectivity index (χ2v) is 2.72. The van der Waals surface area contributed by atoms with Crippen LogP contribution in [0.1, 0.15) is 39.0 Å². The highest BCUT2D eigenvalue weighted by atomic mass is 16.1. The Balaban J connectivity index is 3.17. The van der Waals surface area contributed by atoms with Crippen LogP contribution in [0.4, 0.5) is 0 Å². The normalized spacial score (nSPS) is 12.2. The highest BCUT2D eigenvalue weighted by Crippen LogP contribution is 2.06. The van der Waals surface area contributed by atoms with Gasteiger partial charge < -0.3 is 0 Å². The summed E-state index contributed by atoms with van der Waals surface area (Å²) >= 11 is 0. The van der Waals surface area contributed by atoms with Crippen molar-refractivity contribution < 1.29 is 4.79 Å². The molecular weight excluding hydrogens is 138 g/mol. The molecule has 0 aliphatic carbocycles. The lowest BCUT2D eigenvalue weighted by molar-refractivity contribution is 0.553. The molecule has 1 atom stereocenters. The molecule has 0 rings (SSSR count). The van der Waals surface area contributed by atoms with Gasteiger partial charge in [-0.15, -0.1) is 0 Å². The fraction of sp³-hybridized carbons (Fsp3) is 0.778. The minimum absolute atomic E-state index is 0.0793. The van der Waals surface area contributed by atoms with Crippen LogP contribution in [0, 0.1) is 6.92 Å². The largest absolute Gasteiger partial charge is 0.235 e. The van der Waals surface area contributed by atoms with E-state index in [0.717, 1.165) is 12.8 Å². The molecule has 0 aromatic carbocycles. The summed E-state index contributed by atoms with van der Waals surface area (Å²) in [4.78, 5) is 13.3. The van der Waals surface area contributed by atoms with Crippen LogP contribution < -0.4 is 0 Å². The SMILES string of the molecule is [CH2]C(CCCCCC)N=C=O. The first kappa shape index (κ1) is 10.4. The maximum atomic E-state index is 9.77. The van der Waals surface area contributed by atoms with Gasteiger partial charge in [0.1, 0.15) is 0 Å². The first-order valence-electron chi connectivity index (χ1n) is 4.21. The van der Waals surface area contributed by atoms with Crippen LogP contribution in [-0.4, -0.2) is 12.1 Å². The Labute approximate surface area is 68.7 Å². The lowest BCUT2D eigenvalue weighted by Crippen LogP contribution is -1.96. The number of carbonyl (C=O) groups excluding carboxylic acids is 1. The number of nitrogens with zero attached hydrogens (tertiary/aromatic N) is 1. The highest BCUT2D eigenvalue weighted by Gasteiger charge is 1.97. The van der Waals surface area contributed by atoms with E-state index in [1.165, 1.54) is 25.3 Å². The van der Waals surface area contributed by atoms with Crippen molar-refractivity contribution in [2.45, 2.75) is 45.1 Å². The van der Waals surface area contributed by atoms with Crippen molar-refractivity contribution in [1.82, 2.24) is 0 Å². The minimum Gasteiger partial charge on any atom is -0.211 e. The molecule has 0 saturated heterocycles. The smallest absolute Gasteiger partial charge is 0.211 e. The van der Waals surface area contributed by atoms with Gasteiger partial charge in [0.05, 0.1) is 6.04 Å². The van der Waals surface area contributed by atoms with Gasteiger partial charge in [-0.3, -0.25) is 0 Å². The van der Waals surface area contributed by atoms with E-state index in [4.69, 9.17) is 0 Å². The molecule has 0 bridgehead atoms. The van der Waals surface area contributed by atoms with Gasteiger partial charge in [-0.1, -0.05) is 32.6 Å². The summed E-state index contributed by atoms with van der Waals surface area (Å²) < 4.78 is 0. The molecule has 0 heterocycles. The third-order valence-corrected chi connectivity index (χ3v) is 1.63. The molecule has 0 aliphatic heterocycles. The van der Waals surface area contributed by atoms with Gasteiger partial charge >= 0.3 is 0 Å². The van der Waals surface area contributed by atoms with Gasteiger partial charge in [-0.25, -0.2) is 9.79 Å². The Morgan fingerprint density at radius 2 is 2.18 bits per heavy atom. The Hall–Kier alpha value is -0.620. The molecular formula is C9H16NO. The Kier molecular flexibility index (Phi) is 7.06. The zero-order valence-corrected chi connectivity index (χ0v) is 7.18. The molecule has 63 valence electrons. The topological polar surface area (TPSA) is 29.4 Å². The zero-order valence-electron chi connectivity index (χ0n) is 7.18. The summed E-state index contributed by atoms with van der Waals surface area (Å²) in [7, 11) is 0. The first-order valence-corrected chi connectivity index (χ1v) is 4.21. The second kappa shape index (κ2) is 7.49. The maximum absolute atomic E-state index is 9.77. The highest BCUT2D eigenvalue weighted by molar-refractivity contribution is 5.33. The van der Waals surface area contributed by atoms with Crippen molar-refractivity contribution in [2.75, 3.05) is 0 Å². The van der Waals surface area contributed by atoms with E-state index in [-0.39, 0.29) is 6.04 Å². The molecule has 0 fully saturated rings. The van der Waals surface area contributed by atoms with E-state index in [1.54, 1.807) is 0 Å². The standard InChI is InChI=1S/C9H16NO/c1-3-4-5-6-7-9(2)10-8-11/h9H,2-7H2,1H3. The van der Waals surface area contributed by atoms with Gasteiger partial charge in [0.25, 0.3) is 0 Å². The average Bonchev–Trinajstić information content (AvgIpc) is 1.99. The molecule has 2 heteroatoms. The number of isocyanates is 1. The molecule has 0 aromatic heterocycles. The summed E-state index contributed by atoms with van der Waals surface area (Å²) in [6.07, 6.45) is 7.27. The monoisotopic (exact) mass is 154 g/mol.